The van der Waals surface area contributed by atoms with Crippen molar-refractivity contribution in [2.45, 2.75) is 13.2 Å². The van der Waals surface area contributed by atoms with Gasteiger partial charge in [0.25, 0.3) is 0 Å². The van der Waals surface area contributed by atoms with E-state index in [0.717, 1.165) is 26.5 Å². The third kappa shape index (κ3) is 2.17. The lowest BCUT2D eigenvalue weighted by Crippen LogP contribution is -2.30. The molecule has 0 N–H and O–H groups in total. The molecule has 1 unspecified atom stereocenters. The fourth-order valence-electron chi connectivity index (χ4n) is 2.43. The molecule has 116 valence electrons. The van der Waals surface area contributed by atoms with Gasteiger partial charge in [-0.2, -0.15) is 0 Å². The summed E-state index contributed by atoms with van der Waals surface area (Å²) in [6.07, 6.45) is 1.20. The Balaban J connectivity index is 1.84. The van der Waals surface area contributed by atoms with Crippen molar-refractivity contribution in [1.82, 2.24) is 4.98 Å². The van der Waals surface area contributed by atoms with E-state index in [4.69, 9.17) is 23.7 Å². The largest absolute Gasteiger partial charge is 0.494 e. The number of rotatable bonds is 2. The predicted molar refractivity (Wildman–Crippen MR) is 81.2 cm³/mol. The molecule has 0 saturated carbocycles. The van der Waals surface area contributed by atoms with Gasteiger partial charge in [-0.3, -0.25) is 0 Å². The molecule has 0 aliphatic carbocycles. The molecule has 1 aromatic carbocycles. The summed E-state index contributed by atoms with van der Waals surface area (Å²) in [5.41, 5.74) is 1.92. The Bertz CT molecular complexity index is 754. The molecule has 3 heterocycles. The van der Waals surface area contributed by atoms with Crippen molar-refractivity contribution in [2.24, 2.45) is 0 Å². The summed E-state index contributed by atoms with van der Waals surface area (Å²) in [6.45, 7) is 3.48. The number of hydrogen-bond donors (Lipinski definition) is 0. The first kappa shape index (κ1) is 13.7. The van der Waals surface area contributed by atoms with Crippen LogP contribution in [0.3, 0.4) is 0 Å². The van der Waals surface area contributed by atoms with Gasteiger partial charge >= 0.3 is 0 Å². The van der Waals surface area contributed by atoms with Gasteiger partial charge in [-0.25, -0.2) is 4.98 Å². The van der Waals surface area contributed by atoms with E-state index >= 15 is 0 Å². The molecule has 1 aromatic heterocycles. The van der Waals surface area contributed by atoms with Gasteiger partial charge in [-0.05, 0) is 18.6 Å². The van der Waals surface area contributed by atoms with Crippen molar-refractivity contribution >= 4 is 27.3 Å². The third-order valence-corrected chi connectivity index (χ3v) is 4.59. The van der Waals surface area contributed by atoms with Crippen molar-refractivity contribution in [3.05, 3.63) is 22.9 Å². The number of hydrogen-bond acceptors (Lipinski definition) is 7. The predicted octanol–water partition coefficient (Wildman–Crippen LogP) is 2.69. The first-order valence-corrected chi connectivity index (χ1v) is 7.79. The number of aryl methyl sites for hydroxylation is 1. The SMILES string of the molecule is COC1COc2cc(C)c3nc(C4=COCCO4)sc3c2O1. The number of thiazole rings is 1. The molecule has 0 amide bonds. The van der Waals surface area contributed by atoms with Gasteiger partial charge < -0.3 is 23.7 Å². The van der Waals surface area contributed by atoms with Gasteiger partial charge in [0, 0.05) is 7.11 Å². The molecule has 2 aromatic rings. The first-order valence-electron chi connectivity index (χ1n) is 6.97. The Morgan fingerprint density at radius 1 is 1.32 bits per heavy atom. The number of fused-ring (bicyclic) bond motifs is 3. The second-order valence-electron chi connectivity index (χ2n) is 5.01. The van der Waals surface area contributed by atoms with E-state index < -0.39 is 6.29 Å². The molecule has 0 spiro atoms. The molecule has 0 bridgehead atoms. The van der Waals surface area contributed by atoms with Crippen LogP contribution in [-0.4, -0.2) is 38.2 Å². The summed E-state index contributed by atoms with van der Waals surface area (Å²) in [5, 5.41) is 0.773. The third-order valence-electron chi connectivity index (χ3n) is 3.53. The Labute approximate surface area is 131 Å². The zero-order valence-corrected chi connectivity index (χ0v) is 13.1. The average Bonchev–Trinajstić information content (AvgIpc) is 3.02. The maximum atomic E-state index is 5.88. The minimum atomic E-state index is -0.405. The topological polar surface area (TPSA) is 59.0 Å². The molecule has 7 heteroatoms. The van der Waals surface area contributed by atoms with E-state index in [2.05, 4.69) is 4.98 Å². The van der Waals surface area contributed by atoms with Crippen LogP contribution in [-0.2, 0) is 14.2 Å². The minimum Gasteiger partial charge on any atom is -0.494 e. The molecule has 1 atom stereocenters. The maximum absolute atomic E-state index is 5.88. The van der Waals surface area contributed by atoms with E-state index in [9.17, 15) is 0 Å². The normalized spacial score (nSPS) is 20.3. The summed E-state index contributed by atoms with van der Waals surface area (Å²) in [7, 11) is 1.60. The molecule has 0 fully saturated rings. The van der Waals surface area contributed by atoms with E-state index in [1.54, 1.807) is 13.4 Å². The van der Waals surface area contributed by atoms with Crippen molar-refractivity contribution in [1.29, 1.82) is 0 Å². The van der Waals surface area contributed by atoms with E-state index in [1.165, 1.54) is 11.3 Å². The second-order valence-corrected chi connectivity index (χ2v) is 6.01. The van der Waals surface area contributed by atoms with E-state index in [0.29, 0.717) is 31.3 Å². The lowest BCUT2D eigenvalue weighted by Gasteiger charge is -2.25. The summed E-state index contributed by atoms with van der Waals surface area (Å²) >= 11 is 1.50. The highest BCUT2D eigenvalue weighted by Gasteiger charge is 2.26. The molecule has 4 rings (SSSR count). The highest BCUT2D eigenvalue weighted by molar-refractivity contribution is 7.20. The molecule has 22 heavy (non-hydrogen) atoms. The lowest BCUT2D eigenvalue weighted by atomic mass is 10.2. The molecule has 0 radical (unpaired) electrons. The first-order chi connectivity index (χ1) is 10.8. The molecule has 0 saturated heterocycles. The molecule has 6 nitrogen and oxygen atoms in total. The van der Waals surface area contributed by atoms with Crippen molar-refractivity contribution in [3.63, 3.8) is 0 Å². The highest BCUT2D eigenvalue weighted by Crippen LogP contribution is 2.44. The summed E-state index contributed by atoms with van der Waals surface area (Å²) in [6, 6.07) is 1.94. The van der Waals surface area contributed by atoms with Crippen molar-refractivity contribution < 1.29 is 23.7 Å². The number of aromatic nitrogens is 1. The Hall–Kier alpha value is -1.99. The number of methoxy groups -OCH3 is 1. The average molecular weight is 321 g/mol. The fraction of sp³-hybridized carbons (Fsp3) is 0.400. The molecule has 2 aliphatic rings. The highest BCUT2D eigenvalue weighted by atomic mass is 32.1. The number of nitrogens with zero attached hydrogens (tertiary/aromatic N) is 1. The van der Waals surface area contributed by atoms with Crippen LogP contribution < -0.4 is 9.47 Å². The zero-order chi connectivity index (χ0) is 15.1. The Kier molecular flexibility index (Phi) is 3.31. The van der Waals surface area contributed by atoms with Crippen LogP contribution in [0.2, 0.25) is 0 Å². The van der Waals surface area contributed by atoms with Crippen molar-refractivity contribution in [3.8, 4) is 11.5 Å². The lowest BCUT2D eigenvalue weighted by molar-refractivity contribution is -0.0932. The van der Waals surface area contributed by atoms with Gasteiger partial charge in [0.15, 0.2) is 28.9 Å². The van der Waals surface area contributed by atoms with E-state index in [1.807, 2.05) is 13.0 Å². The van der Waals surface area contributed by atoms with Crippen LogP contribution in [0.25, 0.3) is 16.0 Å². The standard InChI is InChI=1S/C15H15NO5S/c1-8-5-9-13(21-11(17-2)7-20-9)14-12(8)16-15(22-14)10-6-18-3-4-19-10/h5-6,11H,3-4,7H2,1-2H3. The minimum absolute atomic E-state index is 0.377. The molecule has 2 aliphatic heterocycles. The van der Waals surface area contributed by atoms with Crippen LogP contribution in [0.1, 0.15) is 10.6 Å². The number of benzene rings is 1. The second kappa shape index (κ2) is 5.33. The van der Waals surface area contributed by atoms with Crippen LogP contribution in [0.15, 0.2) is 12.3 Å². The van der Waals surface area contributed by atoms with Crippen LogP contribution in [0.5, 0.6) is 11.5 Å². The summed E-state index contributed by atoms with van der Waals surface area (Å²) in [4.78, 5) is 4.66. The van der Waals surface area contributed by atoms with Gasteiger partial charge in [0.2, 0.25) is 6.29 Å². The van der Waals surface area contributed by atoms with Crippen LogP contribution in [0.4, 0.5) is 0 Å². The fourth-order valence-corrected chi connectivity index (χ4v) is 3.51. The zero-order valence-electron chi connectivity index (χ0n) is 12.3. The summed E-state index contributed by atoms with van der Waals surface area (Å²) < 4.78 is 28.7. The molecular weight excluding hydrogens is 306 g/mol. The quantitative estimate of drug-likeness (QED) is 0.847. The van der Waals surface area contributed by atoms with Crippen molar-refractivity contribution in [2.75, 3.05) is 26.9 Å². The van der Waals surface area contributed by atoms with Gasteiger partial charge in [0.05, 0.1) is 5.52 Å². The summed E-state index contributed by atoms with van der Waals surface area (Å²) in [5.74, 6) is 2.06. The monoisotopic (exact) mass is 321 g/mol. The van der Waals surface area contributed by atoms with Gasteiger partial charge in [-0.15, -0.1) is 11.3 Å². The van der Waals surface area contributed by atoms with Crippen LogP contribution >= 0.6 is 11.3 Å². The van der Waals surface area contributed by atoms with Gasteiger partial charge in [0.1, 0.15) is 24.2 Å². The smallest absolute Gasteiger partial charge is 0.234 e. The molecular formula is C15H15NO5S. The van der Waals surface area contributed by atoms with Crippen LogP contribution in [0, 0.1) is 6.92 Å². The van der Waals surface area contributed by atoms with E-state index in [-0.39, 0.29) is 0 Å². The van der Waals surface area contributed by atoms with Gasteiger partial charge in [-0.1, -0.05) is 0 Å². The Morgan fingerprint density at radius 3 is 3.00 bits per heavy atom. The number of ether oxygens (including phenoxy) is 5. The Morgan fingerprint density at radius 2 is 2.23 bits per heavy atom. The maximum Gasteiger partial charge on any atom is 0.234 e.